The molecule has 11 heteroatoms. The second-order valence-corrected chi connectivity index (χ2v) is 8.67. The van der Waals surface area contributed by atoms with E-state index in [2.05, 4.69) is 16.0 Å². The Hall–Kier alpha value is -3.78. The van der Waals surface area contributed by atoms with Crippen LogP contribution < -0.4 is 10.0 Å². The molecule has 2 aromatic carbocycles. The second kappa shape index (κ2) is 8.41. The number of nitrogens with zero attached hydrogens (tertiary/aromatic N) is 4. The maximum Gasteiger partial charge on any atom is 0.406 e. The molecule has 1 atom stereocenters. The van der Waals surface area contributed by atoms with Crippen LogP contribution in [0.5, 0.6) is 0 Å². The second-order valence-electron chi connectivity index (χ2n) is 8.26. The highest BCUT2D eigenvalue weighted by Crippen LogP contribution is 2.42. The molecule has 36 heavy (non-hydrogen) atoms. The predicted molar refractivity (Wildman–Crippen MR) is 122 cm³/mol. The zero-order chi connectivity index (χ0) is 25.8. The molecule has 0 saturated heterocycles. The molecule has 6 nitrogen and oxygen atoms in total. The third kappa shape index (κ3) is 3.82. The molecular weight excluding hydrogens is 500 g/mol. The molecule has 1 aliphatic heterocycles. The summed E-state index contributed by atoms with van der Waals surface area (Å²) in [5.74, 6) is -4.88. The van der Waals surface area contributed by atoms with Gasteiger partial charge in [0.15, 0.2) is 0 Å². The molecular formula is C25H14ClF4N4O2-. The van der Waals surface area contributed by atoms with E-state index in [1.54, 1.807) is 18.2 Å². The molecule has 1 unspecified atom stereocenters. The number of nitriles is 1. The van der Waals surface area contributed by atoms with E-state index in [0.717, 1.165) is 6.07 Å². The number of alkyl halides is 3. The average Bonchev–Trinajstić information content (AvgIpc) is 3.24. The minimum absolute atomic E-state index is 0.0733. The van der Waals surface area contributed by atoms with Crippen LogP contribution in [0.2, 0.25) is 5.02 Å². The summed E-state index contributed by atoms with van der Waals surface area (Å²) in [6.45, 7) is 0.430. The molecule has 2 aromatic heterocycles. The molecule has 0 fully saturated rings. The lowest BCUT2D eigenvalue weighted by atomic mass is 9.99. The van der Waals surface area contributed by atoms with Crippen LogP contribution in [0.3, 0.4) is 0 Å². The van der Waals surface area contributed by atoms with Crippen LogP contribution in [-0.2, 0) is 12.2 Å². The predicted octanol–water partition coefficient (Wildman–Crippen LogP) is 4.72. The van der Waals surface area contributed by atoms with Gasteiger partial charge in [0, 0.05) is 41.8 Å². The summed E-state index contributed by atoms with van der Waals surface area (Å²) in [4.78, 5) is 9.84. The number of hydrogen-bond donors (Lipinski definition) is 1. The molecule has 182 valence electrons. The molecule has 3 heterocycles. The number of benzene rings is 2. The number of aromatic nitrogens is 2. The first kappa shape index (κ1) is 23.9. The number of anilines is 2. The zero-order valence-corrected chi connectivity index (χ0v) is 18.9. The van der Waals surface area contributed by atoms with E-state index in [4.69, 9.17) is 11.6 Å². The quantitative estimate of drug-likeness (QED) is 0.314. The van der Waals surface area contributed by atoms with E-state index in [0.29, 0.717) is 52.6 Å². The van der Waals surface area contributed by atoms with Crippen molar-refractivity contribution in [1.82, 2.24) is 9.97 Å². The Labute approximate surface area is 206 Å². The van der Waals surface area contributed by atoms with Crippen LogP contribution in [-0.4, -0.2) is 27.8 Å². The van der Waals surface area contributed by atoms with Gasteiger partial charge >= 0.3 is 6.18 Å². The summed E-state index contributed by atoms with van der Waals surface area (Å²) in [6, 6.07) is 10.7. The van der Waals surface area contributed by atoms with Gasteiger partial charge in [-0.15, -0.1) is 0 Å². The van der Waals surface area contributed by atoms with Gasteiger partial charge in [0.25, 0.3) is 0 Å². The third-order valence-electron chi connectivity index (χ3n) is 6.09. The Morgan fingerprint density at radius 1 is 1.08 bits per heavy atom. The van der Waals surface area contributed by atoms with Gasteiger partial charge in [-0.1, -0.05) is 17.7 Å². The van der Waals surface area contributed by atoms with Gasteiger partial charge in [-0.3, -0.25) is 9.97 Å². The molecule has 1 aliphatic rings. The molecule has 0 spiro atoms. The van der Waals surface area contributed by atoms with Crippen molar-refractivity contribution in [3.63, 3.8) is 0 Å². The van der Waals surface area contributed by atoms with E-state index in [1.165, 1.54) is 24.5 Å². The van der Waals surface area contributed by atoms with Crippen molar-refractivity contribution in [2.75, 3.05) is 11.4 Å². The number of halogens is 5. The summed E-state index contributed by atoms with van der Waals surface area (Å²) in [5.41, 5.74) is 2.10. The van der Waals surface area contributed by atoms with Crippen molar-refractivity contribution in [3.8, 4) is 17.2 Å². The van der Waals surface area contributed by atoms with Crippen molar-refractivity contribution < 1.29 is 27.8 Å². The molecule has 0 saturated carbocycles. The molecule has 0 bridgehead atoms. The van der Waals surface area contributed by atoms with E-state index < -0.39 is 23.3 Å². The van der Waals surface area contributed by atoms with Crippen LogP contribution in [0.4, 0.5) is 28.9 Å². The van der Waals surface area contributed by atoms with Crippen molar-refractivity contribution in [3.05, 3.63) is 82.5 Å². The van der Waals surface area contributed by atoms with Gasteiger partial charge in [-0.05, 0) is 53.4 Å². The molecule has 0 aliphatic carbocycles. The summed E-state index contributed by atoms with van der Waals surface area (Å²) in [5, 5.41) is 31.7. The van der Waals surface area contributed by atoms with Crippen molar-refractivity contribution in [2.24, 2.45) is 0 Å². The molecule has 5 rings (SSSR count). The standard InChI is InChI=1S/C25H14ClF4N4O2/c26-19-8-22-14(7-20(19)27)3-4-34(22)23-16(9-31)11-33-21-2-1-13(6-18(21)23)15-5-17(12-32-10-15)24(35,36)25(28,29)30/h1-2,5-8,10-12,35H,3-4H2/q-1. The first-order valence-electron chi connectivity index (χ1n) is 10.5. The lowest BCUT2D eigenvalue weighted by molar-refractivity contribution is -0.618. The van der Waals surface area contributed by atoms with E-state index in [1.807, 2.05) is 4.90 Å². The largest absolute Gasteiger partial charge is 0.818 e. The Bertz CT molecular complexity index is 1570. The van der Waals surface area contributed by atoms with Crippen molar-refractivity contribution in [2.45, 2.75) is 18.4 Å². The zero-order valence-electron chi connectivity index (χ0n) is 18.1. The van der Waals surface area contributed by atoms with Crippen LogP contribution in [0.15, 0.2) is 55.0 Å². The number of hydrogen-bond acceptors (Lipinski definition) is 6. The van der Waals surface area contributed by atoms with Gasteiger partial charge in [-0.25, -0.2) is 4.39 Å². The van der Waals surface area contributed by atoms with E-state index >= 15 is 0 Å². The van der Waals surface area contributed by atoms with Gasteiger partial charge in [0.2, 0.25) is 0 Å². The van der Waals surface area contributed by atoms with Crippen molar-refractivity contribution in [1.29, 1.82) is 5.26 Å². The van der Waals surface area contributed by atoms with Crippen LogP contribution in [0.1, 0.15) is 16.7 Å². The minimum atomic E-state index is -5.45. The van der Waals surface area contributed by atoms with Gasteiger partial charge in [-0.2, -0.15) is 18.4 Å². The molecule has 0 radical (unpaired) electrons. The summed E-state index contributed by atoms with van der Waals surface area (Å²) in [6.07, 6.45) is -1.62. The Balaban J connectivity index is 1.68. The van der Waals surface area contributed by atoms with Crippen LogP contribution >= 0.6 is 11.6 Å². The smallest absolute Gasteiger partial charge is 0.406 e. The number of fused-ring (bicyclic) bond motifs is 2. The average molecular weight is 514 g/mol. The van der Waals surface area contributed by atoms with E-state index in [9.17, 15) is 33.0 Å². The number of pyridine rings is 2. The Morgan fingerprint density at radius 2 is 1.86 bits per heavy atom. The highest BCUT2D eigenvalue weighted by atomic mass is 35.5. The van der Waals surface area contributed by atoms with Crippen LogP contribution in [0, 0.1) is 17.1 Å². The Morgan fingerprint density at radius 3 is 2.58 bits per heavy atom. The fourth-order valence-corrected chi connectivity index (χ4v) is 4.45. The molecule has 0 amide bonds. The lowest BCUT2D eigenvalue weighted by Gasteiger charge is -2.36. The fourth-order valence-electron chi connectivity index (χ4n) is 4.29. The summed E-state index contributed by atoms with van der Waals surface area (Å²) < 4.78 is 53.2. The molecule has 1 N–H and O–H groups in total. The Kier molecular flexibility index (Phi) is 5.59. The SMILES string of the molecule is N#Cc1cnc2ccc(-c3cncc(C([O-])(O)C(F)(F)F)c3)cc2c1N1CCc2cc(F)c(Cl)cc21. The number of rotatable bonds is 3. The minimum Gasteiger partial charge on any atom is -0.818 e. The monoisotopic (exact) mass is 513 g/mol. The summed E-state index contributed by atoms with van der Waals surface area (Å²) >= 11 is 6.01. The topological polar surface area (TPSA) is 96.1 Å². The van der Waals surface area contributed by atoms with E-state index in [-0.39, 0.29) is 16.1 Å². The lowest BCUT2D eigenvalue weighted by Crippen LogP contribution is -2.53. The maximum absolute atomic E-state index is 14.0. The first-order valence-corrected chi connectivity index (χ1v) is 10.9. The fraction of sp³-hybridized carbons (Fsp3) is 0.160. The van der Waals surface area contributed by atoms with Gasteiger partial charge in [0.1, 0.15) is 17.7 Å². The first-order chi connectivity index (χ1) is 17.0. The highest BCUT2D eigenvalue weighted by Gasteiger charge is 2.45. The summed E-state index contributed by atoms with van der Waals surface area (Å²) in [7, 11) is 0. The van der Waals surface area contributed by atoms with Gasteiger partial charge < -0.3 is 15.1 Å². The van der Waals surface area contributed by atoms with Crippen molar-refractivity contribution >= 4 is 33.9 Å². The van der Waals surface area contributed by atoms with Gasteiger partial charge in [0.05, 0.1) is 21.8 Å². The third-order valence-corrected chi connectivity index (χ3v) is 6.38. The number of aliphatic hydroxyl groups is 1. The highest BCUT2D eigenvalue weighted by molar-refractivity contribution is 6.31. The maximum atomic E-state index is 14.0. The van der Waals surface area contributed by atoms with Crippen LogP contribution in [0.25, 0.3) is 22.0 Å². The normalized spacial score (nSPS) is 15.0. The molecule has 4 aromatic rings.